The van der Waals surface area contributed by atoms with Gasteiger partial charge in [0, 0.05) is 29.9 Å². The van der Waals surface area contributed by atoms with Crippen LogP contribution in [-0.4, -0.2) is 34.1 Å². The molecule has 4 rings (SSSR count). The van der Waals surface area contributed by atoms with Gasteiger partial charge in [-0.15, -0.1) is 0 Å². The molecule has 2 aromatic heterocycles. The largest absolute Gasteiger partial charge is 0.369 e. The fraction of sp³-hybridized carbons (Fsp3) is 0.263. The van der Waals surface area contributed by atoms with Crippen LogP contribution in [0, 0.1) is 5.92 Å². The number of carbonyl (C=O) groups excluding carboxylic acids is 1. The van der Waals surface area contributed by atoms with Crippen LogP contribution in [-0.2, 0) is 4.79 Å². The molecule has 27 heavy (non-hydrogen) atoms. The van der Waals surface area contributed by atoms with Crippen LogP contribution in [0.3, 0.4) is 0 Å². The minimum atomic E-state index is -0.254. The van der Waals surface area contributed by atoms with Crippen molar-refractivity contribution in [3.8, 4) is 22.8 Å². The van der Waals surface area contributed by atoms with Crippen LogP contribution in [0.25, 0.3) is 22.8 Å². The van der Waals surface area contributed by atoms with Gasteiger partial charge in [-0.2, -0.15) is 4.98 Å². The summed E-state index contributed by atoms with van der Waals surface area (Å²) in [6.45, 7) is 1.46. The molecular formula is C19H18ClN5O2. The van der Waals surface area contributed by atoms with Crippen LogP contribution in [0.4, 0.5) is 5.82 Å². The van der Waals surface area contributed by atoms with E-state index in [4.69, 9.17) is 21.9 Å². The molecule has 1 amide bonds. The molecule has 0 bridgehead atoms. The van der Waals surface area contributed by atoms with Gasteiger partial charge in [0.2, 0.25) is 11.7 Å². The quantitative estimate of drug-likeness (QED) is 0.743. The number of rotatable bonds is 4. The molecular weight excluding hydrogens is 366 g/mol. The van der Waals surface area contributed by atoms with E-state index in [0.717, 1.165) is 36.3 Å². The molecule has 1 aliphatic rings. The number of amides is 1. The number of halogens is 1. The number of hydrogen-bond donors (Lipinski definition) is 1. The molecule has 3 aromatic rings. The maximum atomic E-state index is 11.4. The highest BCUT2D eigenvalue weighted by atomic mass is 35.5. The molecule has 1 atom stereocenters. The first-order valence-electron chi connectivity index (χ1n) is 8.70. The van der Waals surface area contributed by atoms with Gasteiger partial charge in [-0.25, -0.2) is 4.98 Å². The predicted molar refractivity (Wildman–Crippen MR) is 102 cm³/mol. The van der Waals surface area contributed by atoms with E-state index in [1.807, 2.05) is 24.3 Å². The smallest absolute Gasteiger partial charge is 0.259 e. The van der Waals surface area contributed by atoms with E-state index in [0.29, 0.717) is 23.3 Å². The van der Waals surface area contributed by atoms with Gasteiger partial charge in [0.05, 0.1) is 11.5 Å². The van der Waals surface area contributed by atoms with Gasteiger partial charge < -0.3 is 15.2 Å². The van der Waals surface area contributed by atoms with Crippen LogP contribution in [0.1, 0.15) is 12.8 Å². The normalized spacial score (nSPS) is 17.1. The van der Waals surface area contributed by atoms with Crippen molar-refractivity contribution in [2.75, 3.05) is 18.0 Å². The second kappa shape index (κ2) is 7.36. The van der Waals surface area contributed by atoms with Crippen molar-refractivity contribution >= 4 is 23.3 Å². The number of primary amides is 1. The van der Waals surface area contributed by atoms with Gasteiger partial charge in [-0.05, 0) is 37.1 Å². The monoisotopic (exact) mass is 383 g/mol. The molecule has 0 spiro atoms. The highest BCUT2D eigenvalue weighted by Gasteiger charge is 2.24. The van der Waals surface area contributed by atoms with Gasteiger partial charge in [-0.3, -0.25) is 4.79 Å². The molecule has 3 heterocycles. The molecule has 1 aliphatic heterocycles. The van der Waals surface area contributed by atoms with Crippen LogP contribution < -0.4 is 10.6 Å². The summed E-state index contributed by atoms with van der Waals surface area (Å²) in [5, 5.41) is 4.62. The summed E-state index contributed by atoms with van der Waals surface area (Å²) in [5.74, 6) is 1.28. The molecule has 8 heteroatoms. The first-order valence-corrected chi connectivity index (χ1v) is 9.08. The van der Waals surface area contributed by atoms with Gasteiger partial charge in [0.25, 0.3) is 5.89 Å². The van der Waals surface area contributed by atoms with E-state index >= 15 is 0 Å². The SMILES string of the molecule is NC(=O)[C@H]1CCCN(c2ccc(-c3nc(-c4cccc(Cl)c4)no3)cn2)C1. The van der Waals surface area contributed by atoms with Crippen LogP contribution in [0.2, 0.25) is 5.02 Å². The molecule has 0 aliphatic carbocycles. The van der Waals surface area contributed by atoms with Crippen LogP contribution in [0.5, 0.6) is 0 Å². The molecule has 0 unspecified atom stereocenters. The number of piperidine rings is 1. The third-order valence-electron chi connectivity index (χ3n) is 4.65. The topological polar surface area (TPSA) is 98.1 Å². The number of benzene rings is 1. The zero-order valence-electron chi connectivity index (χ0n) is 14.5. The molecule has 138 valence electrons. The number of carbonyl (C=O) groups is 1. The Hall–Kier alpha value is -2.93. The summed E-state index contributed by atoms with van der Waals surface area (Å²) in [6.07, 6.45) is 3.44. The van der Waals surface area contributed by atoms with E-state index in [2.05, 4.69) is 20.0 Å². The Bertz CT molecular complexity index is 957. The molecule has 0 saturated carbocycles. The molecule has 1 aromatic carbocycles. The number of nitrogens with two attached hydrogens (primary N) is 1. The summed E-state index contributed by atoms with van der Waals surface area (Å²) in [5.41, 5.74) is 6.96. The number of nitrogens with zero attached hydrogens (tertiary/aromatic N) is 4. The standard InChI is InChI=1S/C19H18ClN5O2/c20-15-5-1-3-12(9-15)18-23-19(27-24-18)13-6-7-16(22-10-13)25-8-2-4-14(11-25)17(21)26/h1,3,5-7,9-10,14H,2,4,8,11H2,(H2,21,26)/t14-/m0/s1. The fourth-order valence-corrected chi connectivity index (χ4v) is 3.39. The lowest BCUT2D eigenvalue weighted by Gasteiger charge is -2.32. The van der Waals surface area contributed by atoms with Gasteiger partial charge in [0.15, 0.2) is 0 Å². The molecule has 1 fully saturated rings. The first-order chi connectivity index (χ1) is 13.1. The van der Waals surface area contributed by atoms with Crippen LogP contribution >= 0.6 is 11.6 Å². The zero-order valence-corrected chi connectivity index (χ0v) is 15.3. The van der Waals surface area contributed by atoms with E-state index in [1.165, 1.54) is 0 Å². The lowest BCUT2D eigenvalue weighted by molar-refractivity contribution is -0.122. The minimum absolute atomic E-state index is 0.128. The van der Waals surface area contributed by atoms with Crippen LogP contribution in [0.15, 0.2) is 47.1 Å². The van der Waals surface area contributed by atoms with Gasteiger partial charge in [0.1, 0.15) is 5.82 Å². The van der Waals surface area contributed by atoms with Crippen molar-refractivity contribution in [3.05, 3.63) is 47.6 Å². The molecule has 1 saturated heterocycles. The summed E-state index contributed by atoms with van der Waals surface area (Å²) in [6, 6.07) is 11.0. The summed E-state index contributed by atoms with van der Waals surface area (Å²) >= 11 is 6.01. The molecule has 7 nitrogen and oxygen atoms in total. The summed E-state index contributed by atoms with van der Waals surface area (Å²) in [7, 11) is 0. The van der Waals surface area contributed by atoms with Crippen molar-refractivity contribution in [3.63, 3.8) is 0 Å². The summed E-state index contributed by atoms with van der Waals surface area (Å²) in [4.78, 5) is 22.4. The number of aromatic nitrogens is 3. The van der Waals surface area contributed by atoms with Crippen molar-refractivity contribution in [1.82, 2.24) is 15.1 Å². The molecule has 2 N–H and O–H groups in total. The molecule has 0 radical (unpaired) electrons. The Kier molecular flexibility index (Phi) is 4.77. The van der Waals surface area contributed by atoms with E-state index in [-0.39, 0.29) is 11.8 Å². The maximum absolute atomic E-state index is 11.4. The van der Waals surface area contributed by atoms with Gasteiger partial charge in [-0.1, -0.05) is 28.9 Å². The van der Waals surface area contributed by atoms with Crippen molar-refractivity contribution in [2.24, 2.45) is 11.7 Å². The highest BCUT2D eigenvalue weighted by molar-refractivity contribution is 6.30. The number of hydrogen-bond acceptors (Lipinski definition) is 6. The second-order valence-electron chi connectivity index (χ2n) is 6.53. The Morgan fingerprint density at radius 1 is 1.26 bits per heavy atom. The van der Waals surface area contributed by atoms with Gasteiger partial charge >= 0.3 is 0 Å². The highest BCUT2D eigenvalue weighted by Crippen LogP contribution is 2.26. The second-order valence-corrected chi connectivity index (χ2v) is 6.96. The Morgan fingerprint density at radius 2 is 2.15 bits per heavy atom. The Morgan fingerprint density at radius 3 is 2.89 bits per heavy atom. The Balaban J connectivity index is 1.52. The number of pyridine rings is 1. The first kappa shape index (κ1) is 17.5. The maximum Gasteiger partial charge on any atom is 0.259 e. The van der Waals surface area contributed by atoms with E-state index in [1.54, 1.807) is 18.3 Å². The lowest BCUT2D eigenvalue weighted by Crippen LogP contribution is -2.41. The van der Waals surface area contributed by atoms with E-state index in [9.17, 15) is 4.79 Å². The zero-order chi connectivity index (χ0) is 18.8. The Labute approximate surface area is 161 Å². The minimum Gasteiger partial charge on any atom is -0.369 e. The average Bonchev–Trinajstić information content (AvgIpc) is 3.18. The number of anilines is 1. The van der Waals surface area contributed by atoms with Crippen molar-refractivity contribution < 1.29 is 9.32 Å². The van der Waals surface area contributed by atoms with Crippen molar-refractivity contribution in [1.29, 1.82) is 0 Å². The lowest BCUT2D eigenvalue weighted by atomic mass is 9.97. The third kappa shape index (κ3) is 3.78. The fourth-order valence-electron chi connectivity index (χ4n) is 3.20. The third-order valence-corrected chi connectivity index (χ3v) is 4.89. The van der Waals surface area contributed by atoms with Crippen molar-refractivity contribution in [2.45, 2.75) is 12.8 Å². The predicted octanol–water partition coefficient (Wildman–Crippen LogP) is 3.15. The van der Waals surface area contributed by atoms with E-state index < -0.39 is 0 Å². The average molecular weight is 384 g/mol. The summed E-state index contributed by atoms with van der Waals surface area (Å²) < 4.78 is 5.36.